The molecule has 2 heterocycles. The summed E-state index contributed by atoms with van der Waals surface area (Å²) in [5, 5.41) is 0. The van der Waals surface area contributed by atoms with Gasteiger partial charge < -0.3 is 10.3 Å². The van der Waals surface area contributed by atoms with E-state index in [0.717, 1.165) is 13.0 Å². The fourth-order valence-electron chi connectivity index (χ4n) is 3.01. The molecule has 1 aromatic rings. The maximum absolute atomic E-state index is 6.37. The molecule has 2 atom stereocenters. The van der Waals surface area contributed by atoms with Gasteiger partial charge in [-0.1, -0.05) is 6.42 Å². The van der Waals surface area contributed by atoms with E-state index in [0.29, 0.717) is 12.1 Å². The van der Waals surface area contributed by atoms with E-state index in [1.54, 1.807) is 0 Å². The molecule has 2 aliphatic rings. The van der Waals surface area contributed by atoms with E-state index in [9.17, 15) is 0 Å². The molecule has 0 aromatic carbocycles. The summed E-state index contributed by atoms with van der Waals surface area (Å²) < 4.78 is 2.35. The highest BCUT2D eigenvalue weighted by Gasteiger charge is 2.33. The molecule has 0 bridgehead atoms. The van der Waals surface area contributed by atoms with E-state index < -0.39 is 0 Å². The second kappa shape index (κ2) is 4.42. The molecular weight excluding hydrogens is 212 g/mol. The van der Waals surface area contributed by atoms with Crippen LogP contribution in [0.4, 0.5) is 0 Å². The van der Waals surface area contributed by atoms with Crippen molar-refractivity contribution in [1.29, 1.82) is 0 Å². The summed E-state index contributed by atoms with van der Waals surface area (Å²) in [6.07, 6.45) is 10.2. The lowest BCUT2D eigenvalue weighted by atomic mass is 10.0. The zero-order chi connectivity index (χ0) is 11.8. The van der Waals surface area contributed by atoms with Gasteiger partial charge in [0.15, 0.2) is 0 Å². The first kappa shape index (κ1) is 11.2. The van der Waals surface area contributed by atoms with Gasteiger partial charge in [-0.2, -0.15) is 0 Å². The topological polar surface area (TPSA) is 47.1 Å². The van der Waals surface area contributed by atoms with Gasteiger partial charge >= 0.3 is 0 Å². The number of rotatable bonds is 2. The fraction of sp³-hybridized carbons (Fsp3) is 0.769. The highest BCUT2D eigenvalue weighted by Crippen LogP contribution is 2.38. The SMILES string of the molecule is CN1CCCCC(N)C1c1cncn1C1CC1. The van der Waals surface area contributed by atoms with Crippen molar-refractivity contribution in [3.63, 3.8) is 0 Å². The van der Waals surface area contributed by atoms with Gasteiger partial charge in [-0.25, -0.2) is 4.98 Å². The number of nitrogens with two attached hydrogens (primary N) is 1. The molecule has 1 aliphatic heterocycles. The zero-order valence-corrected chi connectivity index (χ0v) is 10.5. The normalized spacial score (nSPS) is 31.4. The fourth-order valence-corrected chi connectivity index (χ4v) is 3.01. The van der Waals surface area contributed by atoms with Crippen molar-refractivity contribution < 1.29 is 0 Å². The molecule has 0 spiro atoms. The number of aromatic nitrogens is 2. The molecule has 4 nitrogen and oxygen atoms in total. The summed E-state index contributed by atoms with van der Waals surface area (Å²) in [6.45, 7) is 1.15. The first-order valence-corrected chi connectivity index (χ1v) is 6.75. The lowest BCUT2D eigenvalue weighted by molar-refractivity contribution is 0.220. The van der Waals surface area contributed by atoms with Crippen molar-refractivity contribution in [3.05, 3.63) is 18.2 Å². The second-order valence-corrected chi connectivity index (χ2v) is 5.54. The molecule has 0 radical (unpaired) electrons. The van der Waals surface area contributed by atoms with Crippen molar-refractivity contribution in [3.8, 4) is 0 Å². The van der Waals surface area contributed by atoms with Crippen molar-refractivity contribution in [1.82, 2.24) is 14.5 Å². The summed E-state index contributed by atoms with van der Waals surface area (Å²) >= 11 is 0. The molecule has 1 saturated heterocycles. The van der Waals surface area contributed by atoms with Gasteiger partial charge in [0, 0.05) is 18.3 Å². The Morgan fingerprint density at radius 3 is 2.88 bits per heavy atom. The molecular formula is C13H22N4. The Morgan fingerprint density at radius 2 is 2.12 bits per heavy atom. The van der Waals surface area contributed by atoms with E-state index >= 15 is 0 Å². The van der Waals surface area contributed by atoms with Crippen LogP contribution < -0.4 is 5.73 Å². The van der Waals surface area contributed by atoms with Crippen LogP contribution in [-0.4, -0.2) is 34.1 Å². The minimum absolute atomic E-state index is 0.247. The average Bonchev–Trinajstić information content (AvgIpc) is 3.07. The standard InChI is InChI=1S/C13H22N4/c1-16-7-3-2-4-11(14)13(16)12-8-15-9-17(12)10-5-6-10/h8-11,13H,2-7,14H2,1H3. The Bertz CT molecular complexity index is 371. The minimum atomic E-state index is 0.247. The Kier molecular flexibility index (Phi) is 2.92. The Hall–Kier alpha value is -0.870. The van der Waals surface area contributed by atoms with Gasteiger partial charge in [0.2, 0.25) is 0 Å². The minimum Gasteiger partial charge on any atom is -0.330 e. The third-order valence-electron chi connectivity index (χ3n) is 4.12. The molecule has 1 aliphatic carbocycles. The Morgan fingerprint density at radius 1 is 1.29 bits per heavy atom. The highest BCUT2D eigenvalue weighted by atomic mass is 15.2. The van der Waals surface area contributed by atoms with Gasteiger partial charge in [0.05, 0.1) is 18.1 Å². The first-order valence-electron chi connectivity index (χ1n) is 6.75. The molecule has 1 aromatic heterocycles. The van der Waals surface area contributed by atoms with E-state index in [1.165, 1.54) is 31.4 Å². The summed E-state index contributed by atoms with van der Waals surface area (Å²) in [7, 11) is 2.19. The summed E-state index contributed by atoms with van der Waals surface area (Å²) in [4.78, 5) is 6.75. The van der Waals surface area contributed by atoms with E-state index in [2.05, 4.69) is 21.5 Å². The number of likely N-dealkylation sites (tertiary alicyclic amines) is 1. The Balaban J connectivity index is 1.90. The third-order valence-corrected chi connectivity index (χ3v) is 4.12. The number of hydrogen-bond acceptors (Lipinski definition) is 3. The lowest BCUT2D eigenvalue weighted by Gasteiger charge is -2.30. The summed E-state index contributed by atoms with van der Waals surface area (Å²) in [6, 6.07) is 1.29. The smallest absolute Gasteiger partial charge is 0.0951 e. The van der Waals surface area contributed by atoms with Crippen LogP contribution in [0.1, 0.15) is 49.9 Å². The number of nitrogens with zero attached hydrogens (tertiary/aromatic N) is 3. The van der Waals surface area contributed by atoms with Crippen LogP contribution in [0.15, 0.2) is 12.5 Å². The summed E-state index contributed by atoms with van der Waals surface area (Å²) in [5.41, 5.74) is 7.69. The van der Waals surface area contributed by atoms with Gasteiger partial charge in [-0.3, -0.25) is 4.90 Å². The second-order valence-electron chi connectivity index (χ2n) is 5.54. The lowest BCUT2D eigenvalue weighted by Crippen LogP contribution is -2.38. The number of imidazole rings is 1. The van der Waals surface area contributed by atoms with Crippen LogP contribution in [0.25, 0.3) is 0 Å². The third kappa shape index (κ3) is 2.11. The summed E-state index contributed by atoms with van der Waals surface area (Å²) in [5.74, 6) is 0. The van der Waals surface area contributed by atoms with Crippen molar-refractivity contribution in [2.45, 2.75) is 50.2 Å². The quantitative estimate of drug-likeness (QED) is 0.847. The van der Waals surface area contributed by atoms with Crippen molar-refractivity contribution in [2.24, 2.45) is 5.73 Å². The van der Waals surface area contributed by atoms with Crippen LogP contribution in [-0.2, 0) is 0 Å². The van der Waals surface area contributed by atoms with E-state index in [1.807, 2.05) is 12.5 Å². The highest BCUT2D eigenvalue weighted by molar-refractivity contribution is 5.12. The van der Waals surface area contributed by atoms with E-state index in [-0.39, 0.29) is 6.04 Å². The monoisotopic (exact) mass is 234 g/mol. The van der Waals surface area contributed by atoms with Gasteiger partial charge in [-0.15, -0.1) is 0 Å². The van der Waals surface area contributed by atoms with Crippen LogP contribution >= 0.6 is 0 Å². The van der Waals surface area contributed by atoms with Gasteiger partial charge in [0.25, 0.3) is 0 Å². The molecule has 2 fully saturated rings. The maximum Gasteiger partial charge on any atom is 0.0951 e. The van der Waals surface area contributed by atoms with Crippen LogP contribution in [0.2, 0.25) is 0 Å². The zero-order valence-electron chi connectivity index (χ0n) is 10.5. The average molecular weight is 234 g/mol. The maximum atomic E-state index is 6.37. The largest absolute Gasteiger partial charge is 0.330 e. The first-order chi connectivity index (χ1) is 8.27. The molecule has 0 amide bonds. The predicted octanol–water partition coefficient (Wildman–Crippen LogP) is 1.70. The number of likely N-dealkylation sites (N-methyl/N-ethyl adjacent to an activating group) is 1. The molecule has 2 unspecified atom stereocenters. The molecule has 3 rings (SSSR count). The number of hydrogen-bond donors (Lipinski definition) is 1. The molecule has 4 heteroatoms. The van der Waals surface area contributed by atoms with Crippen LogP contribution in [0.3, 0.4) is 0 Å². The van der Waals surface area contributed by atoms with Gasteiger partial charge in [-0.05, 0) is 39.3 Å². The van der Waals surface area contributed by atoms with Crippen molar-refractivity contribution >= 4 is 0 Å². The molecule has 17 heavy (non-hydrogen) atoms. The molecule has 94 valence electrons. The van der Waals surface area contributed by atoms with E-state index in [4.69, 9.17) is 5.73 Å². The molecule has 2 N–H and O–H groups in total. The van der Waals surface area contributed by atoms with Gasteiger partial charge in [0.1, 0.15) is 0 Å². The van der Waals surface area contributed by atoms with Crippen LogP contribution in [0.5, 0.6) is 0 Å². The predicted molar refractivity (Wildman–Crippen MR) is 67.7 cm³/mol. The van der Waals surface area contributed by atoms with Crippen molar-refractivity contribution in [2.75, 3.05) is 13.6 Å². The molecule has 1 saturated carbocycles. The Labute approximate surface area is 103 Å². The van der Waals surface area contributed by atoms with Crippen LogP contribution in [0, 0.1) is 0 Å².